The Morgan fingerprint density at radius 1 is 0.800 bits per heavy atom. The van der Waals surface area contributed by atoms with E-state index in [1.807, 2.05) is 0 Å². The molecule has 0 amide bonds. The number of hydrogen-bond donors (Lipinski definition) is 4. The van der Waals surface area contributed by atoms with Gasteiger partial charge in [0.25, 0.3) is 10.1 Å². The molecule has 0 unspecified atom stereocenters. The summed E-state index contributed by atoms with van der Waals surface area (Å²) in [5.74, 6) is -0.349. The number of benzene rings is 2. The Morgan fingerprint density at radius 2 is 1.34 bits per heavy atom. The number of halogens is 1. The fraction of sp³-hybridized carbons (Fsp3) is 0.111. The topological polar surface area (TPSA) is 202 Å². The van der Waals surface area contributed by atoms with Gasteiger partial charge in [-0.15, -0.1) is 0 Å². The van der Waals surface area contributed by atoms with Crippen LogP contribution in [-0.4, -0.2) is 56.7 Å². The molecule has 0 saturated carbocycles. The van der Waals surface area contributed by atoms with E-state index in [4.69, 9.17) is 20.7 Å². The van der Waals surface area contributed by atoms with Crippen molar-refractivity contribution in [1.29, 1.82) is 0 Å². The van der Waals surface area contributed by atoms with Gasteiger partial charge in [0.05, 0.1) is 22.2 Å². The van der Waals surface area contributed by atoms with E-state index < -0.39 is 42.7 Å². The zero-order valence-corrected chi connectivity index (χ0v) is 20.6. The van der Waals surface area contributed by atoms with Crippen molar-refractivity contribution in [3.63, 3.8) is 0 Å². The molecule has 3 rings (SSSR count). The normalized spacial score (nSPS) is 12.3. The minimum absolute atomic E-state index is 0.0672. The zero-order chi connectivity index (χ0) is 25.9. The van der Waals surface area contributed by atoms with Gasteiger partial charge >= 0.3 is 10.4 Å². The fourth-order valence-corrected chi connectivity index (χ4v) is 4.79. The van der Waals surface area contributed by atoms with Gasteiger partial charge in [-0.1, -0.05) is 11.6 Å². The van der Waals surface area contributed by atoms with Crippen molar-refractivity contribution < 1.29 is 38.5 Å². The molecule has 4 N–H and O–H groups in total. The summed E-state index contributed by atoms with van der Waals surface area (Å²) in [5, 5.41) is 5.82. The molecule has 0 spiro atoms. The molecule has 0 fully saturated rings. The molecule has 0 aliphatic carbocycles. The Kier molecular flexibility index (Phi) is 7.95. The highest BCUT2D eigenvalue weighted by atomic mass is 35.5. The lowest BCUT2D eigenvalue weighted by Crippen LogP contribution is -2.15. The zero-order valence-electron chi connectivity index (χ0n) is 17.4. The first-order chi connectivity index (χ1) is 16.2. The highest BCUT2D eigenvalue weighted by molar-refractivity contribution is 7.91. The molecular weight excluding hydrogens is 548 g/mol. The highest BCUT2D eigenvalue weighted by Gasteiger charge is 2.16. The summed E-state index contributed by atoms with van der Waals surface area (Å²) in [6.45, 7) is -0.741. The average molecular weight is 565 g/mol. The van der Waals surface area contributed by atoms with Crippen LogP contribution in [0, 0.1) is 0 Å². The van der Waals surface area contributed by atoms with Crippen molar-refractivity contribution in [2.75, 3.05) is 23.0 Å². The Balaban J connectivity index is 1.70. The molecule has 17 heteroatoms. The van der Waals surface area contributed by atoms with Crippen LogP contribution in [0.15, 0.2) is 64.4 Å². The summed E-state index contributed by atoms with van der Waals surface area (Å²) in [6, 6.07) is 12.0. The van der Waals surface area contributed by atoms with E-state index in [1.165, 1.54) is 54.6 Å². The number of nitrogens with one attached hydrogen (secondary N) is 2. The third kappa shape index (κ3) is 8.10. The molecule has 0 bridgehead atoms. The van der Waals surface area contributed by atoms with Crippen LogP contribution in [0.25, 0.3) is 0 Å². The molecule has 0 atom stereocenters. The third-order valence-electron chi connectivity index (χ3n) is 4.17. The largest absolute Gasteiger partial charge is 0.397 e. The number of sulfone groups is 1. The number of aromatic nitrogens is 2. The minimum atomic E-state index is -4.74. The van der Waals surface area contributed by atoms with Crippen molar-refractivity contribution in [3.8, 4) is 0 Å². The molecule has 188 valence electrons. The maximum absolute atomic E-state index is 12.3. The standard InChI is InChI=1S/C18H17ClN4O9S3/c19-16-11-17(23-18(22-16)21-13-3-7-15(8-4-13)34(26,27)28)20-12-1-5-14(6-2-12)33(24,25)10-9-32-35(29,30)31/h1-8,11H,9-10H2,(H,26,27,28)(H,29,30,31)(H2,20,21,22,23). The molecule has 0 saturated heterocycles. The van der Waals surface area contributed by atoms with E-state index in [-0.39, 0.29) is 26.7 Å². The van der Waals surface area contributed by atoms with Crippen molar-refractivity contribution in [1.82, 2.24) is 9.97 Å². The van der Waals surface area contributed by atoms with Crippen LogP contribution < -0.4 is 10.6 Å². The predicted octanol–water partition coefficient (Wildman–Crippen LogP) is 2.46. The average Bonchev–Trinajstić information content (AvgIpc) is 2.72. The van der Waals surface area contributed by atoms with E-state index >= 15 is 0 Å². The first kappa shape index (κ1) is 26.7. The second-order valence-corrected chi connectivity index (χ2v) is 11.8. The van der Waals surface area contributed by atoms with Crippen molar-refractivity contribution in [2.45, 2.75) is 9.79 Å². The molecule has 3 aromatic rings. The van der Waals surface area contributed by atoms with E-state index in [0.29, 0.717) is 11.4 Å². The van der Waals surface area contributed by atoms with Crippen LogP contribution in [0.5, 0.6) is 0 Å². The summed E-state index contributed by atoms with van der Waals surface area (Å²) in [4.78, 5) is 7.87. The lowest BCUT2D eigenvalue weighted by atomic mass is 10.3. The Morgan fingerprint density at radius 3 is 1.89 bits per heavy atom. The van der Waals surface area contributed by atoms with Crippen LogP contribution in [-0.2, 0) is 34.5 Å². The molecule has 13 nitrogen and oxygen atoms in total. The number of rotatable bonds is 10. The minimum Gasteiger partial charge on any atom is -0.340 e. The first-order valence-corrected chi connectivity index (χ1v) is 14.2. The second kappa shape index (κ2) is 10.4. The van der Waals surface area contributed by atoms with Crippen molar-refractivity contribution in [3.05, 3.63) is 59.8 Å². The Hall–Kier alpha value is -2.86. The summed E-state index contributed by atoms with van der Waals surface area (Å²) < 4.78 is 89.5. The van der Waals surface area contributed by atoms with E-state index in [1.54, 1.807) is 0 Å². The first-order valence-electron chi connectivity index (χ1n) is 9.32. The molecular formula is C18H17ClN4O9S3. The van der Waals surface area contributed by atoms with Gasteiger partial charge in [0.1, 0.15) is 11.0 Å². The van der Waals surface area contributed by atoms with Crippen molar-refractivity contribution >= 4 is 65.1 Å². The van der Waals surface area contributed by atoms with Crippen LogP contribution in [0.1, 0.15) is 0 Å². The lowest BCUT2D eigenvalue weighted by molar-refractivity contribution is 0.284. The van der Waals surface area contributed by atoms with Gasteiger partial charge in [0.15, 0.2) is 9.84 Å². The summed E-state index contributed by atoms with van der Waals surface area (Å²) in [5.41, 5.74) is 0.856. The van der Waals surface area contributed by atoms with Crippen LogP contribution in [0.4, 0.5) is 23.1 Å². The fourth-order valence-electron chi connectivity index (χ4n) is 2.64. The number of nitrogens with zero attached hydrogens (tertiary/aromatic N) is 2. The molecule has 35 heavy (non-hydrogen) atoms. The Labute approximate surface area is 205 Å². The Bertz CT molecular complexity index is 1530. The SMILES string of the molecule is O=S(=O)(O)OCCS(=O)(=O)c1ccc(Nc2cc(Cl)nc(Nc3ccc(S(=O)(=O)O)cc3)n2)cc1. The maximum atomic E-state index is 12.3. The second-order valence-electron chi connectivity index (χ2n) is 6.74. The molecule has 0 radical (unpaired) electrons. The van der Waals surface area contributed by atoms with Gasteiger partial charge in [-0.2, -0.15) is 21.8 Å². The van der Waals surface area contributed by atoms with Gasteiger partial charge in [0.2, 0.25) is 5.95 Å². The monoisotopic (exact) mass is 564 g/mol. The van der Waals surface area contributed by atoms with Gasteiger partial charge in [-0.25, -0.2) is 17.6 Å². The number of anilines is 4. The van der Waals surface area contributed by atoms with Crippen LogP contribution in [0.3, 0.4) is 0 Å². The van der Waals surface area contributed by atoms with E-state index in [0.717, 1.165) is 0 Å². The van der Waals surface area contributed by atoms with Gasteiger partial charge in [0, 0.05) is 17.4 Å². The van der Waals surface area contributed by atoms with Crippen LogP contribution in [0.2, 0.25) is 5.15 Å². The lowest BCUT2D eigenvalue weighted by Gasteiger charge is -2.10. The highest BCUT2D eigenvalue weighted by Crippen LogP contribution is 2.23. The third-order valence-corrected chi connectivity index (χ3v) is 7.39. The van der Waals surface area contributed by atoms with Gasteiger partial charge < -0.3 is 10.6 Å². The molecule has 1 heterocycles. The molecule has 0 aliphatic heterocycles. The van der Waals surface area contributed by atoms with Gasteiger partial charge in [-0.3, -0.25) is 9.11 Å². The summed E-state index contributed by atoms with van der Waals surface area (Å²) in [7, 11) is -12.9. The molecule has 1 aromatic heterocycles. The summed E-state index contributed by atoms with van der Waals surface area (Å²) >= 11 is 6.04. The van der Waals surface area contributed by atoms with E-state index in [9.17, 15) is 25.3 Å². The van der Waals surface area contributed by atoms with Crippen LogP contribution >= 0.6 is 11.6 Å². The van der Waals surface area contributed by atoms with E-state index in [2.05, 4.69) is 24.8 Å². The molecule has 2 aromatic carbocycles. The number of hydrogen-bond acceptors (Lipinski definition) is 11. The maximum Gasteiger partial charge on any atom is 0.397 e. The predicted molar refractivity (Wildman–Crippen MR) is 126 cm³/mol. The molecule has 0 aliphatic rings. The van der Waals surface area contributed by atoms with Gasteiger partial charge in [-0.05, 0) is 48.5 Å². The smallest absolute Gasteiger partial charge is 0.340 e. The summed E-state index contributed by atoms with van der Waals surface area (Å²) in [6.07, 6.45) is 0. The van der Waals surface area contributed by atoms with Crippen molar-refractivity contribution in [2.24, 2.45) is 0 Å². The quantitative estimate of drug-likeness (QED) is 0.207.